The molecule has 1 N–H and O–H groups in total. The van der Waals surface area contributed by atoms with Crippen molar-refractivity contribution in [2.75, 3.05) is 5.75 Å². The van der Waals surface area contributed by atoms with Crippen LogP contribution in [-0.4, -0.2) is 20.4 Å². The molecular formula is C25H38N2OS. The normalized spacial score (nSPS) is 11.8. The van der Waals surface area contributed by atoms with Crippen LogP contribution in [0.25, 0.3) is 0 Å². The van der Waals surface area contributed by atoms with Crippen molar-refractivity contribution in [2.24, 2.45) is 0 Å². The monoisotopic (exact) mass is 414 g/mol. The third-order valence-corrected chi connectivity index (χ3v) is 5.69. The Morgan fingerprint density at radius 3 is 2.38 bits per heavy atom. The molecule has 2 heterocycles. The number of hydrogen-bond acceptors (Lipinski definition) is 3. The lowest BCUT2D eigenvalue weighted by atomic mass is 10.0. The van der Waals surface area contributed by atoms with E-state index in [4.69, 9.17) is 0 Å². The molecule has 0 unspecified atom stereocenters. The second-order valence-electron chi connectivity index (χ2n) is 7.49. The minimum atomic E-state index is 0.0871. The molecule has 2 rings (SSSR count). The van der Waals surface area contributed by atoms with Gasteiger partial charge < -0.3 is 9.67 Å². The molecule has 0 aliphatic heterocycles. The summed E-state index contributed by atoms with van der Waals surface area (Å²) in [6.07, 6.45) is 11.4. The molecule has 0 radical (unpaired) electrons. The summed E-state index contributed by atoms with van der Waals surface area (Å²) in [4.78, 5) is 4.12. The largest absolute Gasteiger partial charge is 0.392 e. The van der Waals surface area contributed by atoms with Crippen molar-refractivity contribution in [1.29, 1.82) is 0 Å². The Balaban J connectivity index is 0.00000132. The number of aliphatic hydroxyl groups is 1. The van der Waals surface area contributed by atoms with Crippen molar-refractivity contribution < 1.29 is 5.11 Å². The molecule has 0 spiro atoms. The molecule has 0 fully saturated rings. The zero-order chi connectivity index (χ0) is 21.8. The highest BCUT2D eigenvalue weighted by Gasteiger charge is 2.22. The lowest BCUT2D eigenvalue weighted by Gasteiger charge is -2.13. The molecule has 0 aliphatic rings. The molecule has 0 aromatic carbocycles. The smallest absolute Gasteiger partial charge is 0.0795 e. The van der Waals surface area contributed by atoms with Gasteiger partial charge in [-0.1, -0.05) is 57.9 Å². The first-order chi connectivity index (χ1) is 13.9. The van der Waals surface area contributed by atoms with Crippen LogP contribution in [0.2, 0.25) is 0 Å². The van der Waals surface area contributed by atoms with Crippen molar-refractivity contribution in [1.82, 2.24) is 9.55 Å². The number of nitrogens with zero attached hydrogens (tertiary/aromatic N) is 2. The maximum absolute atomic E-state index is 9.97. The van der Waals surface area contributed by atoms with Crippen LogP contribution in [0.15, 0.2) is 53.4 Å². The Hall–Kier alpha value is -1.78. The number of pyridine rings is 1. The fourth-order valence-electron chi connectivity index (χ4n) is 3.05. The molecular weight excluding hydrogens is 376 g/mol. The lowest BCUT2D eigenvalue weighted by molar-refractivity contribution is 0.279. The van der Waals surface area contributed by atoms with Crippen LogP contribution in [0, 0.1) is 6.92 Å². The van der Waals surface area contributed by atoms with Crippen molar-refractivity contribution in [3.8, 4) is 0 Å². The highest BCUT2D eigenvalue weighted by molar-refractivity contribution is 7.99. The minimum Gasteiger partial charge on any atom is -0.392 e. The summed E-state index contributed by atoms with van der Waals surface area (Å²) in [7, 11) is 0. The van der Waals surface area contributed by atoms with E-state index in [0.717, 1.165) is 23.6 Å². The van der Waals surface area contributed by atoms with Gasteiger partial charge in [-0.25, -0.2) is 0 Å². The number of hydrogen-bond donors (Lipinski definition) is 1. The predicted molar refractivity (Wildman–Crippen MR) is 128 cm³/mol. The van der Waals surface area contributed by atoms with Gasteiger partial charge in [0.05, 0.1) is 11.6 Å². The molecule has 0 amide bonds. The summed E-state index contributed by atoms with van der Waals surface area (Å²) in [6, 6.07) is 4.10. The quantitative estimate of drug-likeness (QED) is 0.378. The van der Waals surface area contributed by atoms with Crippen LogP contribution in [0.3, 0.4) is 0 Å². The Morgan fingerprint density at radius 1 is 1.24 bits per heavy atom. The van der Waals surface area contributed by atoms with Gasteiger partial charge in [-0.2, -0.15) is 0 Å². The second-order valence-corrected chi connectivity index (χ2v) is 8.50. The van der Waals surface area contributed by atoms with Crippen LogP contribution in [-0.2, 0) is 13.2 Å². The highest BCUT2D eigenvalue weighted by atomic mass is 32.2. The fourth-order valence-corrected chi connectivity index (χ4v) is 4.28. The van der Waals surface area contributed by atoms with Crippen LogP contribution in [0.5, 0.6) is 0 Å². The van der Waals surface area contributed by atoms with E-state index in [1.54, 1.807) is 0 Å². The summed E-state index contributed by atoms with van der Waals surface area (Å²) in [5, 5.41) is 11.2. The van der Waals surface area contributed by atoms with Crippen LogP contribution in [0.4, 0.5) is 0 Å². The Bertz CT molecular complexity index is 789. The molecule has 0 saturated carbocycles. The summed E-state index contributed by atoms with van der Waals surface area (Å²) in [5.74, 6) is 1.29. The first-order valence-corrected chi connectivity index (χ1v) is 11.5. The number of rotatable bonds is 8. The SMILES string of the molecule is C/C=C(C)\C=C/CSc1c(C(C)C)c(CO)c(C)n1Cc1ccncc1.CCC. The van der Waals surface area contributed by atoms with E-state index in [1.165, 1.54) is 28.1 Å². The third kappa shape index (κ3) is 7.52. The molecule has 0 saturated heterocycles. The molecule has 0 bridgehead atoms. The van der Waals surface area contributed by atoms with E-state index in [1.807, 2.05) is 24.2 Å². The summed E-state index contributed by atoms with van der Waals surface area (Å²) in [5.41, 5.74) is 6.00. The fraction of sp³-hybridized carbons (Fsp3) is 0.480. The summed E-state index contributed by atoms with van der Waals surface area (Å²) < 4.78 is 2.34. The molecule has 3 nitrogen and oxygen atoms in total. The molecule has 0 aliphatic carbocycles. The number of thioether (sulfide) groups is 1. The first kappa shape index (κ1) is 25.3. The zero-order valence-corrected chi connectivity index (χ0v) is 20.0. The lowest BCUT2D eigenvalue weighted by Crippen LogP contribution is -2.04. The van der Waals surface area contributed by atoms with Gasteiger partial charge in [-0.15, -0.1) is 11.8 Å². The molecule has 160 valence electrons. The average Bonchev–Trinajstić information content (AvgIpc) is 2.97. The maximum Gasteiger partial charge on any atom is 0.0795 e. The Labute approximate surface area is 182 Å². The zero-order valence-electron chi connectivity index (χ0n) is 19.2. The van der Waals surface area contributed by atoms with E-state index >= 15 is 0 Å². The van der Waals surface area contributed by atoms with Crippen molar-refractivity contribution >= 4 is 11.8 Å². The third-order valence-electron chi connectivity index (χ3n) is 4.62. The van der Waals surface area contributed by atoms with Gasteiger partial charge in [0.25, 0.3) is 0 Å². The van der Waals surface area contributed by atoms with E-state index in [2.05, 4.69) is 88.4 Å². The van der Waals surface area contributed by atoms with E-state index in [0.29, 0.717) is 5.92 Å². The Kier molecular flexibility index (Phi) is 11.7. The van der Waals surface area contributed by atoms with E-state index in [-0.39, 0.29) is 6.61 Å². The van der Waals surface area contributed by atoms with Crippen LogP contribution >= 0.6 is 11.8 Å². The predicted octanol–water partition coefficient (Wildman–Crippen LogP) is 6.89. The van der Waals surface area contributed by atoms with Crippen molar-refractivity contribution in [3.05, 3.63) is 70.7 Å². The molecule has 4 heteroatoms. The minimum absolute atomic E-state index is 0.0871. The topological polar surface area (TPSA) is 38.0 Å². The van der Waals surface area contributed by atoms with Crippen molar-refractivity contribution in [3.63, 3.8) is 0 Å². The van der Waals surface area contributed by atoms with Crippen molar-refractivity contribution in [2.45, 2.75) is 79.0 Å². The van der Waals surface area contributed by atoms with E-state index < -0.39 is 0 Å². The standard InChI is InChI=1S/C22H30N2OS.C3H8/c1-6-17(4)8-7-13-26-22-21(16(2)3)20(15-25)18(5)24(22)14-19-9-11-23-12-10-19;1-3-2/h6-12,16,25H,13-15H2,1-5H3;3H2,1-2H3/b8-7-,17-6-;. The Morgan fingerprint density at radius 2 is 1.86 bits per heavy atom. The van der Waals surface area contributed by atoms with Crippen LogP contribution in [0.1, 0.15) is 76.3 Å². The number of aliphatic hydroxyl groups excluding tert-OH is 1. The van der Waals surface area contributed by atoms with Gasteiger partial charge in [0, 0.05) is 35.9 Å². The van der Waals surface area contributed by atoms with E-state index in [9.17, 15) is 5.11 Å². The number of allylic oxidation sites excluding steroid dienone is 3. The maximum atomic E-state index is 9.97. The second kappa shape index (κ2) is 13.4. The first-order valence-electron chi connectivity index (χ1n) is 10.5. The highest BCUT2D eigenvalue weighted by Crippen LogP contribution is 2.36. The molecule has 2 aromatic rings. The van der Waals surface area contributed by atoms with Gasteiger partial charge >= 0.3 is 0 Å². The average molecular weight is 415 g/mol. The molecule has 29 heavy (non-hydrogen) atoms. The molecule has 2 aromatic heterocycles. The van der Waals surface area contributed by atoms with Gasteiger partial charge in [0.15, 0.2) is 0 Å². The van der Waals surface area contributed by atoms with Gasteiger partial charge in [-0.05, 0) is 49.9 Å². The van der Waals surface area contributed by atoms with Gasteiger partial charge in [0.1, 0.15) is 0 Å². The summed E-state index contributed by atoms with van der Waals surface area (Å²) >= 11 is 1.85. The van der Waals surface area contributed by atoms with Gasteiger partial charge in [0.2, 0.25) is 0 Å². The molecule has 0 atom stereocenters. The number of aromatic nitrogens is 2. The summed E-state index contributed by atoms with van der Waals surface area (Å²) in [6.45, 7) is 15.8. The van der Waals surface area contributed by atoms with Gasteiger partial charge in [-0.3, -0.25) is 4.98 Å². The van der Waals surface area contributed by atoms with Crippen LogP contribution < -0.4 is 0 Å².